The normalized spacial score (nSPS) is 10.7. The number of hydrogen-bond acceptors (Lipinski definition) is 4. The van der Waals surface area contributed by atoms with E-state index < -0.39 is 4.92 Å². The van der Waals surface area contributed by atoms with Gasteiger partial charge in [0.05, 0.1) is 6.20 Å². The Kier molecular flexibility index (Phi) is 3.27. The van der Waals surface area contributed by atoms with Crippen molar-refractivity contribution in [2.45, 2.75) is 6.54 Å². The number of anilines is 1. The maximum absolute atomic E-state index is 11.4. The molecule has 2 heterocycles. The lowest BCUT2D eigenvalue weighted by Gasteiger charge is -2.15. The molecule has 0 fully saturated rings. The van der Waals surface area contributed by atoms with E-state index in [1.807, 2.05) is 43.4 Å². The molecule has 6 nitrogen and oxygen atoms in total. The van der Waals surface area contributed by atoms with Crippen molar-refractivity contribution in [3.63, 3.8) is 0 Å². The molecule has 0 saturated carbocycles. The van der Waals surface area contributed by atoms with Gasteiger partial charge in [-0.2, -0.15) is 9.38 Å². The van der Waals surface area contributed by atoms with Gasteiger partial charge in [-0.25, -0.2) is 0 Å². The number of nitrogens with zero attached hydrogens (tertiary/aromatic N) is 4. The zero-order valence-corrected chi connectivity index (χ0v) is 11.5. The van der Waals surface area contributed by atoms with Gasteiger partial charge < -0.3 is 15.0 Å². The molecule has 3 rings (SSSR count). The molecule has 0 N–H and O–H groups in total. The van der Waals surface area contributed by atoms with Crippen LogP contribution < -0.4 is 4.90 Å². The fourth-order valence-electron chi connectivity index (χ4n) is 2.33. The lowest BCUT2D eigenvalue weighted by atomic mass is 10.2. The number of imidazole rings is 1. The van der Waals surface area contributed by atoms with E-state index in [0.29, 0.717) is 18.0 Å². The third kappa shape index (κ3) is 2.43. The Morgan fingerprint density at radius 2 is 1.90 bits per heavy atom. The van der Waals surface area contributed by atoms with Gasteiger partial charge in [0, 0.05) is 19.7 Å². The summed E-state index contributed by atoms with van der Waals surface area (Å²) in [5.41, 5.74) is 1.64. The van der Waals surface area contributed by atoms with Crippen LogP contribution in [0, 0.1) is 10.1 Å². The Labute approximate surface area is 121 Å². The van der Waals surface area contributed by atoms with Crippen LogP contribution in [-0.2, 0) is 6.54 Å². The topological polar surface area (TPSA) is 63.7 Å². The highest BCUT2D eigenvalue weighted by Gasteiger charge is 2.25. The molecule has 106 valence electrons. The van der Waals surface area contributed by atoms with E-state index in [4.69, 9.17) is 0 Å². The molecule has 0 aliphatic rings. The molecular weight excluding hydrogens is 268 g/mol. The largest absolute Gasteiger partial charge is 0.372 e. The quantitative estimate of drug-likeness (QED) is 0.545. The Hall–Kier alpha value is -2.89. The molecule has 2 aromatic heterocycles. The van der Waals surface area contributed by atoms with Crippen molar-refractivity contribution >= 4 is 17.3 Å². The Morgan fingerprint density at radius 1 is 1.19 bits per heavy atom. The van der Waals surface area contributed by atoms with Gasteiger partial charge >= 0.3 is 5.82 Å². The van der Waals surface area contributed by atoms with Gasteiger partial charge in [-0.05, 0) is 16.6 Å². The summed E-state index contributed by atoms with van der Waals surface area (Å²) < 4.78 is 1.50. The lowest BCUT2D eigenvalue weighted by molar-refractivity contribution is -0.389. The molecule has 0 aliphatic heterocycles. The Bertz CT molecular complexity index is 783. The number of rotatable bonds is 4. The van der Waals surface area contributed by atoms with Crippen LogP contribution in [0.3, 0.4) is 0 Å². The van der Waals surface area contributed by atoms with Gasteiger partial charge in [0.2, 0.25) is 11.5 Å². The molecule has 1 aromatic carbocycles. The Balaban J connectivity index is 2.03. The summed E-state index contributed by atoms with van der Waals surface area (Å²) in [6.07, 6.45) is 1.65. The van der Waals surface area contributed by atoms with Crippen molar-refractivity contribution in [2.75, 3.05) is 11.9 Å². The molecule has 3 aromatic rings. The molecule has 0 saturated heterocycles. The summed E-state index contributed by atoms with van der Waals surface area (Å²) in [7, 11) is 1.81. The first-order valence-corrected chi connectivity index (χ1v) is 6.53. The van der Waals surface area contributed by atoms with Crippen LogP contribution in [0.2, 0.25) is 0 Å². The highest BCUT2D eigenvalue weighted by Crippen LogP contribution is 2.28. The van der Waals surface area contributed by atoms with E-state index in [1.54, 1.807) is 23.2 Å². The van der Waals surface area contributed by atoms with Gasteiger partial charge in [0.25, 0.3) is 0 Å². The summed E-state index contributed by atoms with van der Waals surface area (Å²) in [6.45, 7) is 0.561. The number of hydrogen-bond donors (Lipinski definition) is 0. The second-order valence-electron chi connectivity index (χ2n) is 4.79. The zero-order chi connectivity index (χ0) is 14.8. The van der Waals surface area contributed by atoms with Crippen LogP contribution in [0.4, 0.5) is 11.6 Å². The van der Waals surface area contributed by atoms with E-state index in [-0.39, 0.29) is 5.82 Å². The lowest BCUT2D eigenvalue weighted by Crippen LogP contribution is -2.18. The fourth-order valence-corrected chi connectivity index (χ4v) is 2.33. The second-order valence-corrected chi connectivity index (χ2v) is 4.79. The van der Waals surface area contributed by atoms with Crippen molar-refractivity contribution in [2.24, 2.45) is 0 Å². The van der Waals surface area contributed by atoms with Crippen LogP contribution in [0.1, 0.15) is 5.56 Å². The molecule has 0 aliphatic carbocycles. The highest BCUT2D eigenvalue weighted by atomic mass is 16.6. The average Bonchev–Trinajstić information content (AvgIpc) is 2.88. The second kappa shape index (κ2) is 5.24. The van der Waals surface area contributed by atoms with Crippen molar-refractivity contribution in [1.82, 2.24) is 9.38 Å². The fraction of sp³-hybridized carbons (Fsp3) is 0.133. The molecule has 0 bridgehead atoms. The summed E-state index contributed by atoms with van der Waals surface area (Å²) in [5, 5.41) is 11.4. The number of fused-ring (bicyclic) bond motifs is 1. The average molecular weight is 282 g/mol. The number of nitro groups is 1. The summed E-state index contributed by atoms with van der Waals surface area (Å²) in [5.74, 6) is 0.360. The van der Waals surface area contributed by atoms with E-state index in [9.17, 15) is 10.1 Å². The maximum atomic E-state index is 11.4. The van der Waals surface area contributed by atoms with Crippen molar-refractivity contribution in [3.8, 4) is 0 Å². The molecule has 0 spiro atoms. The zero-order valence-electron chi connectivity index (χ0n) is 11.5. The molecule has 0 amide bonds. The SMILES string of the molecule is CN(Cc1ccccc1)c1nc2ccccn2c1[N+](=O)[O-]. The first-order chi connectivity index (χ1) is 10.2. The molecule has 0 unspecified atom stereocenters. The van der Waals surface area contributed by atoms with E-state index >= 15 is 0 Å². The van der Waals surface area contributed by atoms with Gasteiger partial charge in [0.1, 0.15) is 0 Å². The first kappa shape index (κ1) is 13.1. The van der Waals surface area contributed by atoms with E-state index in [2.05, 4.69) is 4.98 Å². The standard InChI is InChI=1S/C15H14N4O2/c1-17(11-12-7-3-2-4-8-12)14-15(19(20)21)18-10-6-5-9-13(18)16-14/h2-10H,11H2,1H3. The minimum Gasteiger partial charge on any atom is -0.358 e. The third-order valence-electron chi connectivity index (χ3n) is 3.28. The summed E-state index contributed by atoms with van der Waals surface area (Å²) in [4.78, 5) is 17.1. The minimum atomic E-state index is -0.392. The number of benzene rings is 1. The predicted molar refractivity (Wildman–Crippen MR) is 80.4 cm³/mol. The van der Waals surface area contributed by atoms with Gasteiger partial charge in [0.15, 0.2) is 0 Å². The molecular formula is C15H14N4O2. The van der Waals surface area contributed by atoms with Crippen LogP contribution >= 0.6 is 0 Å². The number of aromatic nitrogens is 2. The van der Waals surface area contributed by atoms with E-state index in [1.165, 1.54) is 4.40 Å². The third-order valence-corrected chi connectivity index (χ3v) is 3.28. The molecule has 6 heteroatoms. The van der Waals surface area contributed by atoms with Crippen LogP contribution in [-0.4, -0.2) is 21.4 Å². The van der Waals surface area contributed by atoms with Crippen molar-refractivity contribution in [1.29, 1.82) is 0 Å². The van der Waals surface area contributed by atoms with Crippen molar-refractivity contribution < 1.29 is 4.92 Å². The summed E-state index contributed by atoms with van der Waals surface area (Å²) >= 11 is 0. The number of pyridine rings is 1. The highest BCUT2D eigenvalue weighted by molar-refractivity contribution is 5.63. The molecule has 21 heavy (non-hydrogen) atoms. The minimum absolute atomic E-state index is 0.0102. The van der Waals surface area contributed by atoms with Gasteiger partial charge in [-0.1, -0.05) is 36.4 Å². The van der Waals surface area contributed by atoms with Crippen LogP contribution in [0.25, 0.3) is 5.65 Å². The smallest absolute Gasteiger partial charge is 0.358 e. The predicted octanol–water partition coefficient (Wildman–Crippen LogP) is 2.88. The first-order valence-electron chi connectivity index (χ1n) is 6.53. The van der Waals surface area contributed by atoms with Gasteiger partial charge in [-0.3, -0.25) is 0 Å². The van der Waals surface area contributed by atoms with Crippen LogP contribution in [0.5, 0.6) is 0 Å². The van der Waals surface area contributed by atoms with Crippen molar-refractivity contribution in [3.05, 3.63) is 70.4 Å². The van der Waals surface area contributed by atoms with Gasteiger partial charge in [-0.15, -0.1) is 0 Å². The Morgan fingerprint density at radius 3 is 2.62 bits per heavy atom. The monoisotopic (exact) mass is 282 g/mol. The maximum Gasteiger partial charge on any atom is 0.372 e. The van der Waals surface area contributed by atoms with Crippen LogP contribution in [0.15, 0.2) is 54.7 Å². The molecule has 0 atom stereocenters. The molecule has 0 radical (unpaired) electrons. The summed E-state index contributed by atoms with van der Waals surface area (Å²) in [6, 6.07) is 15.1. The van der Waals surface area contributed by atoms with E-state index in [0.717, 1.165) is 5.56 Å².